The van der Waals surface area contributed by atoms with E-state index in [-0.39, 0.29) is 5.82 Å². The molecule has 1 aromatic rings. The second-order valence-corrected chi connectivity index (χ2v) is 4.84. The third-order valence-corrected chi connectivity index (χ3v) is 3.34. The molecule has 0 radical (unpaired) electrons. The summed E-state index contributed by atoms with van der Waals surface area (Å²) in [4.78, 5) is 2.08. The lowest BCUT2D eigenvalue weighted by Crippen LogP contribution is -2.32. The normalized spacial score (nSPS) is 10.7. The topological polar surface area (TPSA) is 15.3 Å². The Morgan fingerprint density at radius 2 is 1.84 bits per heavy atom. The fourth-order valence-electron chi connectivity index (χ4n) is 2.17. The highest BCUT2D eigenvalue weighted by molar-refractivity contribution is 5.47. The summed E-state index contributed by atoms with van der Waals surface area (Å²) in [5.41, 5.74) is 0.706. The highest BCUT2D eigenvalue weighted by Crippen LogP contribution is 2.17. The molecule has 0 aliphatic rings. The lowest BCUT2D eigenvalue weighted by Gasteiger charge is -2.23. The van der Waals surface area contributed by atoms with Crippen LogP contribution in [0.5, 0.6) is 0 Å². The van der Waals surface area contributed by atoms with Crippen molar-refractivity contribution >= 4 is 5.69 Å². The molecule has 0 unspecified atom stereocenters. The molecule has 0 aliphatic carbocycles. The minimum absolute atomic E-state index is 0.132. The van der Waals surface area contributed by atoms with Crippen LogP contribution in [0.1, 0.15) is 39.5 Å². The fraction of sp³-hybridized carbons (Fsp3) is 0.625. The molecule has 0 saturated carbocycles. The minimum atomic E-state index is -0.132. The Bertz CT molecular complexity index is 341. The van der Waals surface area contributed by atoms with E-state index in [4.69, 9.17) is 0 Å². The predicted molar refractivity (Wildman–Crippen MR) is 81.3 cm³/mol. The molecule has 0 heterocycles. The summed E-state index contributed by atoms with van der Waals surface area (Å²) in [6.07, 6.45) is 5.13. The smallest absolute Gasteiger partial charge is 0.146 e. The van der Waals surface area contributed by atoms with Crippen LogP contribution in [0.4, 0.5) is 10.1 Å². The summed E-state index contributed by atoms with van der Waals surface area (Å²) in [7, 11) is 0. The SMILES string of the molecule is CCCCCCNCCN(CC)c1ccccc1F. The van der Waals surface area contributed by atoms with Gasteiger partial charge in [-0.05, 0) is 32.0 Å². The van der Waals surface area contributed by atoms with Crippen molar-refractivity contribution in [2.45, 2.75) is 39.5 Å². The maximum absolute atomic E-state index is 13.7. The molecule has 108 valence electrons. The van der Waals surface area contributed by atoms with Crippen molar-refractivity contribution in [1.82, 2.24) is 5.32 Å². The van der Waals surface area contributed by atoms with Gasteiger partial charge in [0.15, 0.2) is 0 Å². The first-order valence-corrected chi connectivity index (χ1v) is 7.49. The molecule has 0 fully saturated rings. The zero-order valence-corrected chi connectivity index (χ0v) is 12.3. The van der Waals surface area contributed by atoms with Gasteiger partial charge in [0.25, 0.3) is 0 Å². The third kappa shape index (κ3) is 6.06. The van der Waals surface area contributed by atoms with Crippen LogP contribution < -0.4 is 10.2 Å². The first-order valence-electron chi connectivity index (χ1n) is 7.49. The summed E-state index contributed by atoms with van der Waals surface area (Å²) < 4.78 is 13.7. The van der Waals surface area contributed by atoms with Gasteiger partial charge in [0.1, 0.15) is 5.82 Å². The first-order chi connectivity index (χ1) is 9.29. The van der Waals surface area contributed by atoms with Crippen molar-refractivity contribution in [3.8, 4) is 0 Å². The van der Waals surface area contributed by atoms with Crippen LogP contribution in [0.25, 0.3) is 0 Å². The van der Waals surface area contributed by atoms with Gasteiger partial charge >= 0.3 is 0 Å². The molecular weight excluding hydrogens is 239 g/mol. The Morgan fingerprint density at radius 3 is 2.53 bits per heavy atom. The molecule has 1 N–H and O–H groups in total. The molecule has 0 aromatic heterocycles. The zero-order chi connectivity index (χ0) is 13.9. The molecule has 0 saturated heterocycles. The van der Waals surface area contributed by atoms with Gasteiger partial charge < -0.3 is 10.2 Å². The van der Waals surface area contributed by atoms with Gasteiger partial charge in [0.2, 0.25) is 0 Å². The number of hydrogen-bond acceptors (Lipinski definition) is 2. The largest absolute Gasteiger partial charge is 0.368 e. The van der Waals surface area contributed by atoms with E-state index in [1.807, 2.05) is 12.1 Å². The van der Waals surface area contributed by atoms with Gasteiger partial charge in [-0.2, -0.15) is 0 Å². The number of nitrogens with zero attached hydrogens (tertiary/aromatic N) is 1. The van der Waals surface area contributed by atoms with Crippen molar-refractivity contribution in [3.63, 3.8) is 0 Å². The molecule has 1 aromatic carbocycles. The molecule has 0 amide bonds. The van der Waals surface area contributed by atoms with Gasteiger partial charge in [-0.15, -0.1) is 0 Å². The molecular formula is C16H27FN2. The van der Waals surface area contributed by atoms with E-state index in [1.165, 1.54) is 31.7 Å². The van der Waals surface area contributed by atoms with Crippen LogP contribution in [0.2, 0.25) is 0 Å². The van der Waals surface area contributed by atoms with E-state index in [0.717, 1.165) is 26.2 Å². The van der Waals surface area contributed by atoms with Crippen LogP contribution in [0.15, 0.2) is 24.3 Å². The Morgan fingerprint density at radius 1 is 1.05 bits per heavy atom. The van der Waals surface area contributed by atoms with Gasteiger partial charge in [0, 0.05) is 19.6 Å². The second-order valence-electron chi connectivity index (χ2n) is 4.84. The summed E-state index contributed by atoms with van der Waals surface area (Å²) in [6, 6.07) is 6.99. The number of halogens is 1. The van der Waals surface area contributed by atoms with Gasteiger partial charge in [-0.3, -0.25) is 0 Å². The Balaban J connectivity index is 2.24. The maximum Gasteiger partial charge on any atom is 0.146 e. The van der Waals surface area contributed by atoms with Gasteiger partial charge in [0.05, 0.1) is 5.69 Å². The monoisotopic (exact) mass is 266 g/mol. The maximum atomic E-state index is 13.7. The average molecular weight is 266 g/mol. The minimum Gasteiger partial charge on any atom is -0.368 e. The van der Waals surface area contributed by atoms with Crippen molar-refractivity contribution in [1.29, 1.82) is 0 Å². The molecule has 2 nitrogen and oxygen atoms in total. The lowest BCUT2D eigenvalue weighted by molar-refractivity contribution is 0.585. The number of rotatable bonds is 10. The first kappa shape index (κ1) is 16.0. The number of likely N-dealkylation sites (N-methyl/N-ethyl adjacent to an activating group) is 1. The van der Waals surface area contributed by atoms with E-state index in [0.29, 0.717) is 5.69 Å². The quantitative estimate of drug-likeness (QED) is 0.648. The van der Waals surface area contributed by atoms with Crippen molar-refractivity contribution in [2.75, 3.05) is 31.1 Å². The highest BCUT2D eigenvalue weighted by Gasteiger charge is 2.08. The van der Waals surface area contributed by atoms with E-state index in [2.05, 4.69) is 24.1 Å². The van der Waals surface area contributed by atoms with E-state index in [1.54, 1.807) is 6.07 Å². The molecule has 0 aliphatic heterocycles. The highest BCUT2D eigenvalue weighted by atomic mass is 19.1. The van der Waals surface area contributed by atoms with E-state index in [9.17, 15) is 4.39 Å². The number of para-hydroxylation sites is 1. The fourth-order valence-corrected chi connectivity index (χ4v) is 2.17. The molecule has 0 spiro atoms. The molecule has 19 heavy (non-hydrogen) atoms. The van der Waals surface area contributed by atoms with Crippen LogP contribution in [0.3, 0.4) is 0 Å². The van der Waals surface area contributed by atoms with E-state index < -0.39 is 0 Å². The summed E-state index contributed by atoms with van der Waals surface area (Å²) in [6.45, 7) is 7.95. The zero-order valence-electron chi connectivity index (χ0n) is 12.3. The second kappa shape index (κ2) is 9.79. The predicted octanol–water partition coefficient (Wildman–Crippen LogP) is 3.82. The van der Waals surface area contributed by atoms with Crippen LogP contribution in [0, 0.1) is 5.82 Å². The van der Waals surface area contributed by atoms with E-state index >= 15 is 0 Å². The molecule has 1 rings (SSSR count). The van der Waals surface area contributed by atoms with Gasteiger partial charge in [-0.25, -0.2) is 4.39 Å². The lowest BCUT2D eigenvalue weighted by atomic mass is 10.2. The number of nitrogens with one attached hydrogen (secondary N) is 1. The average Bonchev–Trinajstić information content (AvgIpc) is 2.43. The van der Waals surface area contributed by atoms with Crippen molar-refractivity contribution in [3.05, 3.63) is 30.1 Å². The molecule has 0 atom stereocenters. The standard InChI is InChI=1S/C16H27FN2/c1-3-5-6-9-12-18-13-14-19(4-2)16-11-8-7-10-15(16)17/h7-8,10-11,18H,3-6,9,12-14H2,1-2H3. The van der Waals surface area contributed by atoms with Crippen molar-refractivity contribution < 1.29 is 4.39 Å². The Hall–Kier alpha value is -1.09. The number of anilines is 1. The molecule has 0 bridgehead atoms. The van der Waals surface area contributed by atoms with Crippen LogP contribution in [-0.4, -0.2) is 26.2 Å². The number of unbranched alkanes of at least 4 members (excludes halogenated alkanes) is 3. The third-order valence-electron chi connectivity index (χ3n) is 3.34. The summed E-state index contributed by atoms with van der Waals surface area (Å²) in [5, 5.41) is 3.43. The Kier molecular flexibility index (Phi) is 8.23. The Labute approximate surface area is 117 Å². The van der Waals surface area contributed by atoms with Crippen LogP contribution >= 0.6 is 0 Å². The van der Waals surface area contributed by atoms with Gasteiger partial charge in [-0.1, -0.05) is 38.3 Å². The summed E-state index contributed by atoms with van der Waals surface area (Å²) >= 11 is 0. The van der Waals surface area contributed by atoms with Crippen molar-refractivity contribution in [2.24, 2.45) is 0 Å². The molecule has 3 heteroatoms. The number of hydrogen-bond donors (Lipinski definition) is 1. The van der Waals surface area contributed by atoms with Crippen LogP contribution in [-0.2, 0) is 0 Å². The number of benzene rings is 1. The summed E-state index contributed by atoms with van der Waals surface area (Å²) in [5.74, 6) is -0.132.